The van der Waals surface area contributed by atoms with E-state index in [0.29, 0.717) is 29.0 Å². The fourth-order valence-electron chi connectivity index (χ4n) is 3.51. The molecule has 22 heavy (non-hydrogen) atoms. The van der Waals surface area contributed by atoms with E-state index in [0.717, 1.165) is 18.7 Å². The molecule has 1 heterocycles. The Hall–Kier alpha value is -0.620. The van der Waals surface area contributed by atoms with Gasteiger partial charge in [0.2, 0.25) is 10.0 Å². The van der Waals surface area contributed by atoms with Crippen molar-refractivity contribution in [3.8, 4) is 0 Å². The van der Waals surface area contributed by atoms with E-state index in [2.05, 4.69) is 4.90 Å². The standard InChI is InChI=1S/C16H23ClN2O2S/c1-13-12-15(6-7-16(13)17)22(20,21)19-10-8-18(9-11-19)14-4-2-3-5-14/h6-7,12,14H,2-5,8-11H2,1H3. The maximum atomic E-state index is 12.7. The Kier molecular flexibility index (Phi) is 4.78. The molecule has 1 aliphatic heterocycles. The van der Waals surface area contributed by atoms with Crippen LogP contribution in [-0.2, 0) is 10.0 Å². The predicted molar refractivity (Wildman–Crippen MR) is 88.8 cm³/mol. The summed E-state index contributed by atoms with van der Waals surface area (Å²) in [5, 5.41) is 0.602. The van der Waals surface area contributed by atoms with Gasteiger partial charge in [-0.15, -0.1) is 0 Å². The minimum Gasteiger partial charge on any atom is -0.298 e. The van der Waals surface area contributed by atoms with Gasteiger partial charge >= 0.3 is 0 Å². The first-order valence-corrected chi connectivity index (χ1v) is 9.80. The van der Waals surface area contributed by atoms with E-state index in [9.17, 15) is 8.42 Å². The smallest absolute Gasteiger partial charge is 0.243 e. The van der Waals surface area contributed by atoms with Crippen LogP contribution in [0.25, 0.3) is 0 Å². The van der Waals surface area contributed by atoms with E-state index in [-0.39, 0.29) is 0 Å². The van der Waals surface area contributed by atoms with Gasteiger partial charge in [-0.25, -0.2) is 8.42 Å². The molecule has 2 aliphatic rings. The summed E-state index contributed by atoms with van der Waals surface area (Å²) >= 11 is 5.99. The number of piperazine rings is 1. The topological polar surface area (TPSA) is 40.6 Å². The first-order valence-electron chi connectivity index (χ1n) is 7.99. The second-order valence-electron chi connectivity index (χ2n) is 6.29. The van der Waals surface area contributed by atoms with Crippen molar-refractivity contribution in [2.24, 2.45) is 0 Å². The average Bonchev–Trinajstić information content (AvgIpc) is 3.04. The molecule has 1 aromatic rings. The molecule has 0 spiro atoms. The van der Waals surface area contributed by atoms with Gasteiger partial charge in [0.15, 0.2) is 0 Å². The van der Waals surface area contributed by atoms with Crippen molar-refractivity contribution < 1.29 is 8.42 Å². The fraction of sp³-hybridized carbons (Fsp3) is 0.625. The lowest BCUT2D eigenvalue weighted by atomic mass is 10.2. The Morgan fingerprint density at radius 2 is 1.73 bits per heavy atom. The molecule has 1 saturated heterocycles. The van der Waals surface area contributed by atoms with Crippen LogP contribution in [0.3, 0.4) is 0 Å². The van der Waals surface area contributed by atoms with Gasteiger partial charge < -0.3 is 0 Å². The van der Waals surface area contributed by atoms with Gasteiger partial charge in [0.05, 0.1) is 4.90 Å². The van der Waals surface area contributed by atoms with Gasteiger partial charge in [0.25, 0.3) is 0 Å². The van der Waals surface area contributed by atoms with Crippen molar-refractivity contribution in [1.29, 1.82) is 0 Å². The molecule has 4 nitrogen and oxygen atoms in total. The highest BCUT2D eigenvalue weighted by Crippen LogP contribution is 2.27. The normalized spacial score (nSPS) is 22.3. The molecule has 6 heteroatoms. The zero-order chi connectivity index (χ0) is 15.7. The molecule has 0 amide bonds. The van der Waals surface area contributed by atoms with Gasteiger partial charge in [-0.05, 0) is 43.5 Å². The Bertz CT molecular complexity index is 634. The predicted octanol–water partition coefficient (Wildman–Crippen LogP) is 2.90. The number of hydrogen-bond donors (Lipinski definition) is 0. The molecular weight excluding hydrogens is 320 g/mol. The molecule has 2 fully saturated rings. The van der Waals surface area contributed by atoms with Crippen LogP contribution in [0.4, 0.5) is 0 Å². The lowest BCUT2D eigenvalue weighted by molar-refractivity contribution is 0.139. The third-order valence-corrected chi connectivity index (χ3v) is 7.20. The summed E-state index contributed by atoms with van der Waals surface area (Å²) in [6.45, 7) is 4.69. The first kappa shape index (κ1) is 16.2. The Balaban J connectivity index is 1.70. The van der Waals surface area contributed by atoms with E-state index in [1.165, 1.54) is 25.7 Å². The molecule has 122 valence electrons. The maximum absolute atomic E-state index is 12.7. The zero-order valence-electron chi connectivity index (χ0n) is 13.0. The first-order chi connectivity index (χ1) is 10.5. The summed E-state index contributed by atoms with van der Waals surface area (Å²) in [7, 11) is -3.40. The van der Waals surface area contributed by atoms with Crippen LogP contribution in [0.15, 0.2) is 23.1 Å². The molecule has 0 aromatic heterocycles. The van der Waals surface area contributed by atoms with E-state index < -0.39 is 10.0 Å². The van der Waals surface area contributed by atoms with Crippen LogP contribution < -0.4 is 0 Å². The number of halogens is 1. The third kappa shape index (κ3) is 3.18. The molecule has 1 aromatic carbocycles. The highest BCUT2D eigenvalue weighted by atomic mass is 35.5. The van der Waals surface area contributed by atoms with Gasteiger partial charge in [0.1, 0.15) is 0 Å². The van der Waals surface area contributed by atoms with Gasteiger partial charge in [-0.2, -0.15) is 4.31 Å². The van der Waals surface area contributed by atoms with Crippen LogP contribution in [0.5, 0.6) is 0 Å². The molecule has 0 radical (unpaired) electrons. The summed E-state index contributed by atoms with van der Waals surface area (Å²) in [6, 6.07) is 5.61. The lowest BCUT2D eigenvalue weighted by Crippen LogP contribution is -2.51. The molecule has 0 atom stereocenters. The monoisotopic (exact) mass is 342 g/mol. The van der Waals surface area contributed by atoms with Crippen molar-refractivity contribution in [1.82, 2.24) is 9.21 Å². The number of aryl methyl sites for hydroxylation is 1. The number of hydrogen-bond acceptors (Lipinski definition) is 3. The molecule has 0 N–H and O–H groups in total. The van der Waals surface area contributed by atoms with Crippen LogP contribution in [0, 0.1) is 6.92 Å². The highest BCUT2D eigenvalue weighted by Gasteiger charge is 2.31. The summed E-state index contributed by atoms with van der Waals surface area (Å²) in [4.78, 5) is 2.82. The van der Waals surface area contributed by atoms with Crippen molar-refractivity contribution in [3.05, 3.63) is 28.8 Å². The SMILES string of the molecule is Cc1cc(S(=O)(=O)N2CCN(C3CCCC3)CC2)ccc1Cl. The van der Waals surface area contributed by atoms with Crippen LogP contribution in [0.2, 0.25) is 5.02 Å². The van der Waals surface area contributed by atoms with E-state index in [1.807, 2.05) is 6.92 Å². The van der Waals surface area contributed by atoms with Gasteiger partial charge in [-0.3, -0.25) is 4.90 Å². The summed E-state index contributed by atoms with van der Waals surface area (Å²) in [5.74, 6) is 0. The van der Waals surface area contributed by atoms with Gasteiger partial charge in [-0.1, -0.05) is 24.4 Å². The fourth-order valence-corrected chi connectivity index (χ4v) is 5.13. The second kappa shape index (κ2) is 6.48. The minimum atomic E-state index is -3.40. The molecule has 1 aliphatic carbocycles. The van der Waals surface area contributed by atoms with E-state index in [4.69, 9.17) is 11.6 Å². The number of rotatable bonds is 3. The number of benzene rings is 1. The Labute approximate surface area is 138 Å². The van der Waals surface area contributed by atoms with Crippen LogP contribution in [-0.4, -0.2) is 49.8 Å². The minimum absolute atomic E-state index is 0.351. The quantitative estimate of drug-likeness (QED) is 0.848. The summed E-state index contributed by atoms with van der Waals surface area (Å²) in [5.41, 5.74) is 0.798. The molecule has 0 unspecified atom stereocenters. The third-order valence-electron chi connectivity index (χ3n) is 4.88. The maximum Gasteiger partial charge on any atom is 0.243 e. The van der Waals surface area contributed by atoms with Crippen LogP contribution in [0.1, 0.15) is 31.2 Å². The highest BCUT2D eigenvalue weighted by molar-refractivity contribution is 7.89. The molecule has 3 rings (SSSR count). The molecule has 1 saturated carbocycles. The van der Waals surface area contributed by atoms with Crippen molar-refractivity contribution in [3.63, 3.8) is 0 Å². The zero-order valence-corrected chi connectivity index (χ0v) is 14.5. The Morgan fingerprint density at radius 1 is 1.09 bits per heavy atom. The molecule has 0 bridgehead atoms. The van der Waals surface area contributed by atoms with E-state index in [1.54, 1.807) is 22.5 Å². The summed E-state index contributed by atoms with van der Waals surface area (Å²) < 4.78 is 27.1. The summed E-state index contributed by atoms with van der Waals surface area (Å²) in [6.07, 6.45) is 5.16. The Morgan fingerprint density at radius 3 is 2.32 bits per heavy atom. The number of nitrogens with zero attached hydrogens (tertiary/aromatic N) is 2. The molecular formula is C16H23ClN2O2S. The van der Waals surface area contributed by atoms with Gasteiger partial charge in [0, 0.05) is 37.2 Å². The van der Waals surface area contributed by atoms with E-state index >= 15 is 0 Å². The van der Waals surface area contributed by atoms with Crippen LogP contribution >= 0.6 is 11.6 Å². The average molecular weight is 343 g/mol. The number of sulfonamides is 1. The largest absolute Gasteiger partial charge is 0.298 e. The van der Waals surface area contributed by atoms with Crippen molar-refractivity contribution >= 4 is 21.6 Å². The second-order valence-corrected chi connectivity index (χ2v) is 8.63. The lowest BCUT2D eigenvalue weighted by Gasteiger charge is -2.37. The van der Waals surface area contributed by atoms with Crippen molar-refractivity contribution in [2.45, 2.75) is 43.5 Å². The van der Waals surface area contributed by atoms with Crippen molar-refractivity contribution in [2.75, 3.05) is 26.2 Å².